The first-order chi connectivity index (χ1) is 12.6. The van der Waals surface area contributed by atoms with Gasteiger partial charge >= 0.3 is 5.97 Å². The highest BCUT2D eigenvalue weighted by atomic mass is 35.5. The lowest BCUT2D eigenvalue weighted by Crippen LogP contribution is -2.37. The van der Waals surface area contributed by atoms with E-state index in [2.05, 4.69) is 5.32 Å². The molecule has 0 fully saturated rings. The van der Waals surface area contributed by atoms with Crippen molar-refractivity contribution in [3.63, 3.8) is 0 Å². The second-order valence-electron chi connectivity index (χ2n) is 6.59. The van der Waals surface area contributed by atoms with Crippen molar-refractivity contribution in [2.45, 2.75) is 39.5 Å². The van der Waals surface area contributed by atoms with Crippen LogP contribution in [0.5, 0.6) is 0 Å². The molecule has 2 N–H and O–H groups in total. The van der Waals surface area contributed by atoms with Crippen molar-refractivity contribution in [2.75, 3.05) is 13.6 Å². The van der Waals surface area contributed by atoms with Gasteiger partial charge in [0.05, 0.1) is 16.4 Å². The molecule has 0 bridgehead atoms. The summed E-state index contributed by atoms with van der Waals surface area (Å²) in [6.07, 6.45) is 1.57. The number of carbonyl (C=O) groups is 1. The van der Waals surface area contributed by atoms with Crippen LogP contribution in [-0.4, -0.2) is 37.4 Å². The summed E-state index contributed by atoms with van der Waals surface area (Å²) in [5.74, 6) is -2.16. The lowest BCUT2D eigenvalue weighted by atomic mass is 9.86. The number of hydrogen-bond acceptors (Lipinski definition) is 4. The number of dihydropyridines is 1. The van der Waals surface area contributed by atoms with Crippen molar-refractivity contribution in [3.05, 3.63) is 56.7 Å². The second kappa shape index (κ2) is 8.46. The van der Waals surface area contributed by atoms with Crippen molar-refractivity contribution in [1.29, 1.82) is 0 Å². The normalized spacial score (nSPS) is 18.1. The summed E-state index contributed by atoms with van der Waals surface area (Å²) < 4.78 is 28.0. The molecule has 0 spiro atoms. The quantitative estimate of drug-likeness (QED) is 0.713. The van der Waals surface area contributed by atoms with Gasteiger partial charge in [0.15, 0.2) is 0 Å². The molecule has 1 aliphatic rings. The molecule has 1 aromatic rings. The summed E-state index contributed by atoms with van der Waals surface area (Å²) in [6, 6.07) is 6.75. The van der Waals surface area contributed by atoms with Gasteiger partial charge in [-0.15, -0.1) is 0 Å². The average Bonchev–Trinajstić information content (AvgIpc) is 2.58. The Morgan fingerprint density at radius 2 is 1.89 bits per heavy atom. The molecule has 6 nitrogen and oxygen atoms in total. The first-order valence-corrected chi connectivity index (χ1v) is 10.6. The Bertz CT molecular complexity index is 906. The zero-order chi connectivity index (χ0) is 20.4. The summed E-state index contributed by atoms with van der Waals surface area (Å²) in [6.45, 7) is 5.61. The number of aliphatic carboxylic acids is 1. The summed E-state index contributed by atoms with van der Waals surface area (Å²) in [7, 11) is -2.38. The molecule has 27 heavy (non-hydrogen) atoms. The van der Waals surface area contributed by atoms with Crippen molar-refractivity contribution in [2.24, 2.45) is 0 Å². The fraction of sp³-hybridized carbons (Fsp3) is 0.421. The van der Waals surface area contributed by atoms with Crippen molar-refractivity contribution in [1.82, 2.24) is 9.62 Å². The molecule has 8 heteroatoms. The topological polar surface area (TPSA) is 86.7 Å². The Balaban J connectivity index is 2.71. The third kappa shape index (κ3) is 4.20. The van der Waals surface area contributed by atoms with Gasteiger partial charge in [-0.25, -0.2) is 17.5 Å². The van der Waals surface area contributed by atoms with Crippen molar-refractivity contribution in [3.8, 4) is 0 Å². The van der Waals surface area contributed by atoms with E-state index in [9.17, 15) is 18.3 Å². The largest absolute Gasteiger partial charge is 0.478 e. The van der Waals surface area contributed by atoms with E-state index in [-0.39, 0.29) is 10.5 Å². The monoisotopic (exact) mass is 412 g/mol. The SMILES string of the molecule is CCCCN(C)S(=O)(=O)C1=C(C)NC(C)=C(C(=O)O)C1c1ccccc1Cl. The highest BCUT2D eigenvalue weighted by molar-refractivity contribution is 7.93. The number of allylic oxidation sites excluding steroid dienone is 3. The van der Waals surface area contributed by atoms with E-state index in [1.54, 1.807) is 38.1 Å². The van der Waals surface area contributed by atoms with Gasteiger partial charge in [0, 0.05) is 30.0 Å². The Hall–Kier alpha value is -1.83. The van der Waals surface area contributed by atoms with E-state index >= 15 is 0 Å². The molecule has 0 radical (unpaired) electrons. The van der Waals surface area contributed by atoms with Crippen molar-refractivity contribution < 1.29 is 18.3 Å². The van der Waals surface area contributed by atoms with Gasteiger partial charge in [-0.05, 0) is 31.9 Å². The number of sulfonamides is 1. The highest BCUT2D eigenvalue weighted by Crippen LogP contribution is 2.43. The molecule has 1 aliphatic heterocycles. The minimum absolute atomic E-state index is 0.0174. The van der Waals surface area contributed by atoms with Gasteiger partial charge in [0.25, 0.3) is 0 Å². The van der Waals surface area contributed by atoms with Gasteiger partial charge < -0.3 is 10.4 Å². The third-order valence-electron chi connectivity index (χ3n) is 4.66. The number of halogens is 1. The zero-order valence-corrected chi connectivity index (χ0v) is 17.5. The molecule has 0 saturated carbocycles. The van der Waals surface area contributed by atoms with E-state index < -0.39 is 21.9 Å². The number of unbranched alkanes of at least 4 members (excludes halogenated alkanes) is 1. The highest BCUT2D eigenvalue weighted by Gasteiger charge is 2.41. The number of benzene rings is 1. The van der Waals surface area contributed by atoms with E-state index in [0.717, 1.165) is 6.42 Å². The fourth-order valence-electron chi connectivity index (χ4n) is 3.28. The van der Waals surface area contributed by atoms with E-state index in [1.165, 1.54) is 11.4 Å². The molecule has 1 unspecified atom stereocenters. The van der Waals surface area contributed by atoms with Crippen LogP contribution in [-0.2, 0) is 14.8 Å². The standard InChI is InChI=1S/C19H25ClN2O4S/c1-5-6-11-22(4)27(25,26)18-13(3)21-12(2)16(19(23)24)17(18)14-9-7-8-10-15(14)20/h7-10,17,21H,5-6,11H2,1-4H3,(H,23,24). The molecule has 1 aromatic carbocycles. The molecule has 0 aromatic heterocycles. The van der Waals surface area contributed by atoms with Crippen LogP contribution in [0.4, 0.5) is 0 Å². The maximum atomic E-state index is 13.3. The molecule has 0 aliphatic carbocycles. The van der Waals surface area contributed by atoms with Crippen LogP contribution in [0.15, 0.2) is 46.1 Å². The summed E-state index contributed by atoms with van der Waals surface area (Å²) in [5, 5.41) is 13.1. The Labute approximate surface area is 165 Å². The molecular weight excluding hydrogens is 388 g/mol. The smallest absolute Gasteiger partial charge is 0.334 e. The van der Waals surface area contributed by atoms with Crippen LogP contribution >= 0.6 is 11.6 Å². The number of rotatable bonds is 7. The molecule has 2 rings (SSSR count). The molecule has 1 heterocycles. The Morgan fingerprint density at radius 1 is 1.26 bits per heavy atom. The zero-order valence-electron chi connectivity index (χ0n) is 15.9. The van der Waals surface area contributed by atoms with Gasteiger partial charge in [-0.1, -0.05) is 43.1 Å². The minimum atomic E-state index is -3.89. The minimum Gasteiger partial charge on any atom is -0.478 e. The molecule has 1 atom stereocenters. The average molecular weight is 413 g/mol. The summed E-state index contributed by atoms with van der Waals surface area (Å²) in [4.78, 5) is 12.0. The lowest BCUT2D eigenvalue weighted by Gasteiger charge is -2.32. The first kappa shape index (κ1) is 21.5. The lowest BCUT2D eigenvalue weighted by molar-refractivity contribution is -0.133. The maximum Gasteiger partial charge on any atom is 0.334 e. The molecule has 148 valence electrons. The number of hydrogen-bond donors (Lipinski definition) is 2. The predicted octanol–water partition coefficient (Wildman–Crippen LogP) is 3.68. The third-order valence-corrected chi connectivity index (χ3v) is 7.11. The van der Waals surface area contributed by atoms with Crippen molar-refractivity contribution >= 4 is 27.6 Å². The van der Waals surface area contributed by atoms with Crippen LogP contribution in [0.3, 0.4) is 0 Å². The van der Waals surface area contributed by atoms with Gasteiger partial charge in [0.2, 0.25) is 10.0 Å². The summed E-state index contributed by atoms with van der Waals surface area (Å²) in [5.41, 5.74) is 1.25. The molecular formula is C19H25ClN2O4S. The first-order valence-electron chi connectivity index (χ1n) is 8.75. The fourth-order valence-corrected chi connectivity index (χ4v) is 5.21. The number of nitrogens with zero attached hydrogens (tertiary/aromatic N) is 1. The van der Waals surface area contributed by atoms with Crippen LogP contribution in [0.1, 0.15) is 45.1 Å². The maximum absolute atomic E-state index is 13.3. The van der Waals surface area contributed by atoms with Gasteiger partial charge in [-0.2, -0.15) is 0 Å². The Kier molecular flexibility index (Phi) is 6.72. The van der Waals surface area contributed by atoms with E-state index in [4.69, 9.17) is 11.6 Å². The van der Waals surface area contributed by atoms with E-state index in [1.807, 2.05) is 6.92 Å². The van der Waals surface area contributed by atoms with Gasteiger partial charge in [0.1, 0.15) is 0 Å². The predicted molar refractivity (Wildman–Crippen MR) is 107 cm³/mol. The van der Waals surface area contributed by atoms with E-state index in [0.29, 0.717) is 34.9 Å². The summed E-state index contributed by atoms with van der Waals surface area (Å²) >= 11 is 6.33. The number of carboxylic acid groups (broad SMARTS) is 1. The number of nitrogens with one attached hydrogen (secondary N) is 1. The molecule has 0 amide bonds. The number of carboxylic acids is 1. The Morgan fingerprint density at radius 3 is 2.44 bits per heavy atom. The van der Waals surface area contributed by atoms with Crippen LogP contribution < -0.4 is 5.32 Å². The van der Waals surface area contributed by atoms with Crippen LogP contribution in [0, 0.1) is 0 Å². The van der Waals surface area contributed by atoms with Gasteiger partial charge in [-0.3, -0.25) is 0 Å². The second-order valence-corrected chi connectivity index (χ2v) is 9.01. The molecule has 0 saturated heterocycles. The van der Waals surface area contributed by atoms with Crippen LogP contribution in [0.2, 0.25) is 5.02 Å². The van der Waals surface area contributed by atoms with Crippen LogP contribution in [0.25, 0.3) is 0 Å².